The van der Waals surface area contributed by atoms with Crippen LogP contribution in [0, 0.1) is 0 Å². The summed E-state index contributed by atoms with van der Waals surface area (Å²) in [7, 11) is 1.21. The largest absolute Gasteiger partial charge is 0.467 e. The van der Waals surface area contributed by atoms with E-state index in [0.29, 0.717) is 0 Å². The highest BCUT2D eigenvalue weighted by molar-refractivity contribution is 5.85. The SMILES string of the molecule is COC(=O)[C@@H]1CC(OC(C)=O)c2ncc(N)c(=O)n21.Cl. The Hall–Kier alpha value is -2.09. The molecule has 1 unspecified atom stereocenters. The fourth-order valence-corrected chi connectivity index (χ4v) is 2.09. The number of methoxy groups -OCH3 is 1. The first kappa shape index (κ1) is 16.0. The molecule has 2 heterocycles. The van der Waals surface area contributed by atoms with Crippen molar-refractivity contribution in [2.45, 2.75) is 25.5 Å². The number of ether oxygens (including phenoxy) is 2. The minimum absolute atomic E-state index is 0. The first-order chi connectivity index (χ1) is 8.95. The molecule has 9 heteroatoms. The van der Waals surface area contributed by atoms with E-state index in [9.17, 15) is 14.4 Å². The number of halogens is 1. The van der Waals surface area contributed by atoms with Crippen molar-refractivity contribution in [2.24, 2.45) is 0 Å². The molecule has 1 aromatic heterocycles. The maximum absolute atomic E-state index is 12.0. The molecule has 0 aliphatic carbocycles. The maximum atomic E-state index is 12.0. The summed E-state index contributed by atoms with van der Waals surface area (Å²) in [4.78, 5) is 38.7. The predicted molar refractivity (Wildman–Crippen MR) is 70.3 cm³/mol. The van der Waals surface area contributed by atoms with Gasteiger partial charge in [-0.2, -0.15) is 0 Å². The van der Waals surface area contributed by atoms with Gasteiger partial charge in [-0.1, -0.05) is 0 Å². The van der Waals surface area contributed by atoms with Crippen LogP contribution in [-0.4, -0.2) is 28.6 Å². The van der Waals surface area contributed by atoms with Crippen LogP contribution < -0.4 is 11.3 Å². The second-order valence-corrected chi connectivity index (χ2v) is 4.12. The van der Waals surface area contributed by atoms with Crippen molar-refractivity contribution in [3.63, 3.8) is 0 Å². The van der Waals surface area contributed by atoms with Gasteiger partial charge in [-0.25, -0.2) is 9.78 Å². The molecule has 0 radical (unpaired) electrons. The molecule has 0 bridgehead atoms. The number of fused-ring (bicyclic) bond motifs is 1. The Morgan fingerprint density at radius 2 is 2.15 bits per heavy atom. The summed E-state index contributed by atoms with van der Waals surface area (Å²) in [6.45, 7) is 1.24. The number of rotatable bonds is 2. The van der Waals surface area contributed by atoms with Gasteiger partial charge < -0.3 is 15.2 Å². The lowest BCUT2D eigenvalue weighted by Crippen LogP contribution is -2.30. The number of esters is 2. The molecular formula is C11H14ClN3O5. The molecule has 1 aliphatic rings. The van der Waals surface area contributed by atoms with Gasteiger partial charge in [0.2, 0.25) is 0 Å². The summed E-state index contributed by atoms with van der Waals surface area (Å²) >= 11 is 0. The smallest absolute Gasteiger partial charge is 0.329 e. The van der Waals surface area contributed by atoms with E-state index in [-0.39, 0.29) is 30.3 Å². The third-order valence-electron chi connectivity index (χ3n) is 2.87. The summed E-state index contributed by atoms with van der Waals surface area (Å²) in [5, 5.41) is 0. The zero-order valence-electron chi connectivity index (χ0n) is 10.9. The van der Waals surface area contributed by atoms with Crippen molar-refractivity contribution in [3.8, 4) is 0 Å². The Kier molecular flexibility index (Phi) is 4.72. The molecule has 2 N–H and O–H groups in total. The van der Waals surface area contributed by atoms with E-state index in [1.807, 2.05) is 0 Å². The summed E-state index contributed by atoms with van der Waals surface area (Å²) in [6, 6.07) is -0.882. The molecule has 110 valence electrons. The van der Waals surface area contributed by atoms with E-state index >= 15 is 0 Å². The first-order valence-corrected chi connectivity index (χ1v) is 5.57. The third-order valence-corrected chi connectivity index (χ3v) is 2.87. The summed E-state index contributed by atoms with van der Waals surface area (Å²) in [5.74, 6) is -0.927. The fraction of sp³-hybridized carbons (Fsp3) is 0.455. The molecule has 20 heavy (non-hydrogen) atoms. The van der Waals surface area contributed by atoms with Crippen LogP contribution in [0.3, 0.4) is 0 Å². The minimum Gasteiger partial charge on any atom is -0.467 e. The van der Waals surface area contributed by atoms with Crippen LogP contribution in [0.25, 0.3) is 0 Å². The number of aromatic nitrogens is 2. The molecule has 0 amide bonds. The van der Waals surface area contributed by atoms with Crippen molar-refractivity contribution in [3.05, 3.63) is 22.4 Å². The molecule has 0 spiro atoms. The lowest BCUT2D eigenvalue weighted by atomic mass is 10.2. The van der Waals surface area contributed by atoms with Gasteiger partial charge in [0.15, 0.2) is 11.9 Å². The lowest BCUT2D eigenvalue weighted by molar-refractivity contribution is -0.150. The molecule has 0 saturated heterocycles. The number of nitrogens with two attached hydrogens (primary N) is 1. The zero-order valence-corrected chi connectivity index (χ0v) is 11.7. The van der Waals surface area contributed by atoms with E-state index in [4.69, 9.17) is 10.5 Å². The van der Waals surface area contributed by atoms with Crippen LogP contribution in [0.2, 0.25) is 0 Å². The second kappa shape index (κ2) is 5.91. The highest BCUT2D eigenvalue weighted by Crippen LogP contribution is 2.35. The van der Waals surface area contributed by atoms with E-state index in [0.717, 1.165) is 4.57 Å². The van der Waals surface area contributed by atoms with Crippen molar-refractivity contribution in [1.82, 2.24) is 9.55 Å². The Morgan fingerprint density at radius 1 is 1.50 bits per heavy atom. The van der Waals surface area contributed by atoms with Gasteiger partial charge in [-0.3, -0.25) is 14.2 Å². The molecule has 1 aromatic rings. The fourth-order valence-electron chi connectivity index (χ4n) is 2.09. The highest BCUT2D eigenvalue weighted by atomic mass is 35.5. The normalized spacial score (nSPS) is 19.7. The van der Waals surface area contributed by atoms with Gasteiger partial charge in [0, 0.05) is 13.3 Å². The Labute approximate surface area is 120 Å². The summed E-state index contributed by atoms with van der Waals surface area (Å²) < 4.78 is 10.8. The average Bonchev–Trinajstić information content (AvgIpc) is 2.71. The number of hydrogen-bond donors (Lipinski definition) is 1. The zero-order chi connectivity index (χ0) is 14.2. The van der Waals surface area contributed by atoms with Gasteiger partial charge in [-0.15, -0.1) is 12.4 Å². The van der Waals surface area contributed by atoms with Crippen molar-refractivity contribution >= 4 is 30.0 Å². The van der Waals surface area contributed by atoms with Gasteiger partial charge in [0.25, 0.3) is 5.56 Å². The molecule has 2 atom stereocenters. The van der Waals surface area contributed by atoms with Crippen LogP contribution in [0.15, 0.2) is 11.0 Å². The van der Waals surface area contributed by atoms with Gasteiger partial charge >= 0.3 is 11.9 Å². The molecule has 0 fully saturated rings. The van der Waals surface area contributed by atoms with Crippen LogP contribution >= 0.6 is 12.4 Å². The molecular weight excluding hydrogens is 290 g/mol. The number of carbonyl (C=O) groups excluding carboxylic acids is 2. The Balaban J connectivity index is 0.00000200. The quantitative estimate of drug-likeness (QED) is 0.763. The second-order valence-electron chi connectivity index (χ2n) is 4.12. The maximum Gasteiger partial charge on any atom is 0.329 e. The molecule has 8 nitrogen and oxygen atoms in total. The van der Waals surface area contributed by atoms with E-state index < -0.39 is 29.6 Å². The lowest BCUT2D eigenvalue weighted by Gasteiger charge is -2.10. The number of nitrogen functional groups attached to an aromatic ring is 1. The third kappa shape index (κ3) is 2.60. The standard InChI is InChI=1S/C11H13N3O5.ClH/c1-5(15)19-8-3-7(11(17)18-2)14-9(8)13-4-6(12)10(14)16;/h4,7-8H,3,12H2,1-2H3;1H/t7-,8?;/m0./s1. The highest BCUT2D eigenvalue weighted by Gasteiger charge is 2.40. The molecule has 2 rings (SSSR count). The van der Waals surface area contributed by atoms with Crippen LogP contribution in [0.1, 0.15) is 31.3 Å². The first-order valence-electron chi connectivity index (χ1n) is 5.57. The van der Waals surface area contributed by atoms with Crippen LogP contribution in [0.5, 0.6) is 0 Å². The van der Waals surface area contributed by atoms with E-state index in [1.54, 1.807) is 0 Å². The predicted octanol–water partition coefficient (Wildman–Crippen LogP) is -0.0307. The Bertz CT molecular complexity index is 600. The molecule has 1 aliphatic heterocycles. The number of nitrogens with zero attached hydrogens (tertiary/aromatic N) is 2. The van der Waals surface area contributed by atoms with E-state index in [1.165, 1.54) is 20.2 Å². The topological polar surface area (TPSA) is 114 Å². The van der Waals surface area contributed by atoms with Gasteiger partial charge in [0.05, 0.1) is 13.3 Å². The van der Waals surface area contributed by atoms with E-state index in [2.05, 4.69) is 9.72 Å². The molecule has 0 aromatic carbocycles. The van der Waals surface area contributed by atoms with Gasteiger partial charge in [0.1, 0.15) is 11.7 Å². The monoisotopic (exact) mass is 303 g/mol. The van der Waals surface area contributed by atoms with Gasteiger partial charge in [-0.05, 0) is 0 Å². The van der Waals surface area contributed by atoms with Crippen molar-refractivity contribution in [2.75, 3.05) is 12.8 Å². The van der Waals surface area contributed by atoms with Crippen LogP contribution in [-0.2, 0) is 19.1 Å². The minimum atomic E-state index is -0.882. The van der Waals surface area contributed by atoms with Crippen molar-refractivity contribution in [1.29, 1.82) is 0 Å². The number of carbonyl (C=O) groups is 2. The summed E-state index contributed by atoms with van der Waals surface area (Å²) in [5.41, 5.74) is 4.86. The van der Waals surface area contributed by atoms with Crippen LogP contribution in [0.4, 0.5) is 5.69 Å². The summed E-state index contributed by atoms with van der Waals surface area (Å²) in [6.07, 6.45) is 0.539. The average molecular weight is 304 g/mol. The Morgan fingerprint density at radius 3 is 2.70 bits per heavy atom. The number of hydrogen-bond acceptors (Lipinski definition) is 7. The molecule has 0 saturated carbocycles. The van der Waals surface area contributed by atoms with Crippen molar-refractivity contribution < 1.29 is 19.1 Å². The number of anilines is 1.